The Morgan fingerprint density at radius 1 is 1.32 bits per heavy atom. The normalized spacial score (nSPS) is 13.2. The maximum atomic E-state index is 11.9. The third kappa shape index (κ3) is 5.84. The second-order valence-corrected chi connectivity index (χ2v) is 7.02. The molecule has 1 unspecified atom stereocenters. The molecule has 0 spiro atoms. The van der Waals surface area contributed by atoms with E-state index in [4.69, 9.17) is 4.74 Å². The molecule has 0 bridgehead atoms. The van der Waals surface area contributed by atoms with Gasteiger partial charge in [0.2, 0.25) is 10.0 Å². The molecule has 1 aromatic carbocycles. The minimum Gasteiger partial charge on any atom is -0.494 e. The van der Waals surface area contributed by atoms with E-state index >= 15 is 0 Å². The Kier molecular flexibility index (Phi) is 6.68. The first-order valence-corrected chi connectivity index (χ1v) is 8.36. The molecule has 0 radical (unpaired) electrons. The molecule has 0 aromatic heterocycles. The van der Waals surface area contributed by atoms with Gasteiger partial charge in [-0.15, -0.1) is 0 Å². The Balaban J connectivity index is 2.64. The minimum absolute atomic E-state index is 0.0218. The van der Waals surface area contributed by atoms with Gasteiger partial charge >= 0.3 is 0 Å². The summed E-state index contributed by atoms with van der Waals surface area (Å²) in [5, 5.41) is -0.0218. The van der Waals surface area contributed by atoms with Crippen molar-refractivity contribution in [3.63, 3.8) is 0 Å². The van der Waals surface area contributed by atoms with Crippen molar-refractivity contribution in [2.45, 2.75) is 36.8 Å². The Morgan fingerprint density at radius 3 is 2.47 bits per heavy atom. The van der Waals surface area contributed by atoms with E-state index in [-0.39, 0.29) is 10.1 Å². The number of thiol groups is 1. The lowest BCUT2D eigenvalue weighted by atomic mass is 10.3. The van der Waals surface area contributed by atoms with Gasteiger partial charge in [-0.3, -0.25) is 0 Å². The number of benzene rings is 1. The van der Waals surface area contributed by atoms with Crippen molar-refractivity contribution in [2.24, 2.45) is 0 Å². The number of hydrogen-bond acceptors (Lipinski definition) is 4. The fourth-order valence-electron chi connectivity index (χ4n) is 1.36. The van der Waals surface area contributed by atoms with Crippen molar-refractivity contribution in [2.75, 3.05) is 13.2 Å². The van der Waals surface area contributed by atoms with Crippen LogP contribution in [0.4, 0.5) is 0 Å². The first-order chi connectivity index (χ1) is 8.95. The molecule has 0 aliphatic heterocycles. The van der Waals surface area contributed by atoms with Crippen LogP contribution in [0.15, 0.2) is 29.2 Å². The van der Waals surface area contributed by atoms with Gasteiger partial charge in [-0.05, 0) is 30.7 Å². The summed E-state index contributed by atoms with van der Waals surface area (Å²) in [4.78, 5) is 0.240. The molecule has 1 aromatic rings. The fraction of sp³-hybridized carbons (Fsp3) is 0.538. The molecule has 6 heteroatoms. The summed E-state index contributed by atoms with van der Waals surface area (Å²) in [7, 11) is -3.45. The Labute approximate surface area is 121 Å². The van der Waals surface area contributed by atoms with Crippen LogP contribution < -0.4 is 9.46 Å². The van der Waals surface area contributed by atoms with Crippen LogP contribution in [-0.4, -0.2) is 26.8 Å². The summed E-state index contributed by atoms with van der Waals surface area (Å²) in [6, 6.07) is 6.45. The quantitative estimate of drug-likeness (QED) is 0.573. The van der Waals surface area contributed by atoms with Gasteiger partial charge in [-0.25, -0.2) is 13.1 Å². The van der Waals surface area contributed by atoms with Crippen LogP contribution in [0.3, 0.4) is 0 Å². The predicted molar refractivity (Wildman–Crippen MR) is 80.5 cm³/mol. The third-order valence-corrected chi connectivity index (χ3v) is 4.09. The van der Waals surface area contributed by atoms with E-state index in [2.05, 4.69) is 24.3 Å². The molecular weight excluding hydrogens is 282 g/mol. The molecule has 0 fully saturated rings. The molecule has 1 atom stereocenters. The number of rotatable bonds is 8. The van der Waals surface area contributed by atoms with Crippen molar-refractivity contribution < 1.29 is 13.2 Å². The highest BCUT2D eigenvalue weighted by Crippen LogP contribution is 2.16. The summed E-state index contributed by atoms with van der Waals surface area (Å²) in [6.07, 6.45) is 2.06. The molecule has 19 heavy (non-hydrogen) atoms. The maximum Gasteiger partial charge on any atom is 0.240 e. The predicted octanol–water partition coefficient (Wildman–Crippen LogP) is 2.46. The highest BCUT2D eigenvalue weighted by atomic mass is 32.2. The van der Waals surface area contributed by atoms with Crippen LogP contribution in [-0.2, 0) is 10.0 Å². The Morgan fingerprint density at radius 2 is 1.95 bits per heavy atom. The molecule has 0 heterocycles. The van der Waals surface area contributed by atoms with Crippen LogP contribution in [0.5, 0.6) is 5.75 Å². The molecule has 0 aliphatic carbocycles. The van der Waals surface area contributed by atoms with Crippen molar-refractivity contribution >= 4 is 22.7 Å². The second kappa shape index (κ2) is 7.77. The van der Waals surface area contributed by atoms with Gasteiger partial charge in [-0.2, -0.15) is 12.6 Å². The number of hydrogen-bond donors (Lipinski definition) is 2. The van der Waals surface area contributed by atoms with E-state index in [1.807, 2.05) is 6.92 Å². The summed E-state index contributed by atoms with van der Waals surface area (Å²) in [5.41, 5.74) is 0. The fourth-order valence-corrected chi connectivity index (χ4v) is 2.71. The highest BCUT2D eigenvalue weighted by molar-refractivity contribution is 7.89. The summed E-state index contributed by atoms with van der Waals surface area (Å²) in [5.74, 6) is 0.690. The lowest BCUT2D eigenvalue weighted by Gasteiger charge is -2.09. The van der Waals surface area contributed by atoms with Gasteiger partial charge in [0.25, 0.3) is 0 Å². The average molecular weight is 303 g/mol. The zero-order valence-electron chi connectivity index (χ0n) is 11.3. The van der Waals surface area contributed by atoms with E-state index in [9.17, 15) is 8.42 Å². The van der Waals surface area contributed by atoms with Crippen molar-refractivity contribution in [3.8, 4) is 5.75 Å². The molecule has 1 N–H and O–H groups in total. The van der Waals surface area contributed by atoms with Gasteiger partial charge in [-0.1, -0.05) is 20.3 Å². The van der Waals surface area contributed by atoms with Crippen LogP contribution in [0.25, 0.3) is 0 Å². The van der Waals surface area contributed by atoms with Crippen LogP contribution in [0.2, 0.25) is 0 Å². The second-order valence-electron chi connectivity index (χ2n) is 4.37. The summed E-state index contributed by atoms with van der Waals surface area (Å²) in [6.45, 7) is 4.88. The Hall–Kier alpha value is -0.720. The van der Waals surface area contributed by atoms with Crippen molar-refractivity contribution in [1.29, 1.82) is 0 Å². The average Bonchev–Trinajstić information content (AvgIpc) is 2.37. The van der Waals surface area contributed by atoms with Crippen LogP contribution in [0, 0.1) is 0 Å². The molecule has 1 rings (SSSR count). The third-order valence-electron chi connectivity index (χ3n) is 2.47. The number of ether oxygens (including phenoxy) is 1. The van der Waals surface area contributed by atoms with E-state index in [0.717, 1.165) is 12.8 Å². The maximum absolute atomic E-state index is 11.9. The standard InChI is InChI=1S/C13H21NO3S2/c1-3-4-9-17-12-5-7-13(8-6-12)19(15,16)14-10-11(2)18/h5-8,11,14,18H,3-4,9-10H2,1-2H3. The van der Waals surface area contributed by atoms with E-state index in [1.165, 1.54) is 0 Å². The van der Waals surface area contributed by atoms with Crippen molar-refractivity contribution in [3.05, 3.63) is 24.3 Å². The van der Waals surface area contributed by atoms with Gasteiger partial charge < -0.3 is 4.74 Å². The zero-order chi connectivity index (χ0) is 14.3. The first kappa shape index (κ1) is 16.3. The van der Waals surface area contributed by atoms with E-state index in [1.54, 1.807) is 24.3 Å². The lowest BCUT2D eigenvalue weighted by molar-refractivity contribution is 0.309. The monoisotopic (exact) mass is 303 g/mol. The largest absolute Gasteiger partial charge is 0.494 e. The number of unbranched alkanes of at least 4 members (excludes halogenated alkanes) is 1. The SMILES string of the molecule is CCCCOc1ccc(S(=O)(=O)NCC(C)S)cc1. The number of sulfonamides is 1. The van der Waals surface area contributed by atoms with Gasteiger partial charge in [0, 0.05) is 11.8 Å². The van der Waals surface area contributed by atoms with Gasteiger partial charge in [0.05, 0.1) is 11.5 Å². The van der Waals surface area contributed by atoms with Crippen LogP contribution >= 0.6 is 12.6 Å². The number of nitrogens with one attached hydrogen (secondary N) is 1. The smallest absolute Gasteiger partial charge is 0.240 e. The topological polar surface area (TPSA) is 55.4 Å². The summed E-state index contributed by atoms with van der Waals surface area (Å²) >= 11 is 4.14. The summed E-state index contributed by atoms with van der Waals surface area (Å²) < 4.78 is 31.8. The molecule has 0 aliphatic rings. The lowest BCUT2D eigenvalue weighted by Crippen LogP contribution is -2.28. The zero-order valence-corrected chi connectivity index (χ0v) is 13.0. The minimum atomic E-state index is -3.45. The van der Waals surface area contributed by atoms with Crippen molar-refractivity contribution in [1.82, 2.24) is 4.72 Å². The molecular formula is C13H21NO3S2. The molecule has 4 nitrogen and oxygen atoms in total. The molecule has 0 saturated carbocycles. The molecule has 0 amide bonds. The Bertz CT molecular complexity index is 469. The van der Waals surface area contributed by atoms with E-state index < -0.39 is 10.0 Å². The van der Waals surface area contributed by atoms with Crippen LogP contribution in [0.1, 0.15) is 26.7 Å². The van der Waals surface area contributed by atoms with E-state index in [0.29, 0.717) is 18.9 Å². The first-order valence-electron chi connectivity index (χ1n) is 6.36. The van der Waals surface area contributed by atoms with Gasteiger partial charge in [0.1, 0.15) is 5.75 Å². The molecule has 108 valence electrons. The molecule has 0 saturated heterocycles. The highest BCUT2D eigenvalue weighted by Gasteiger charge is 2.14. The van der Waals surface area contributed by atoms with Gasteiger partial charge in [0.15, 0.2) is 0 Å².